The highest BCUT2D eigenvalue weighted by molar-refractivity contribution is 5.55. The summed E-state index contributed by atoms with van der Waals surface area (Å²) in [6.07, 6.45) is 5.76. The molecule has 1 saturated carbocycles. The minimum Gasteiger partial charge on any atom is -0.508 e. The normalized spacial score (nSPS) is 17.0. The zero-order chi connectivity index (χ0) is 18.9. The molecule has 2 nitrogen and oxygen atoms in total. The predicted octanol–water partition coefficient (Wildman–Crippen LogP) is 6.59. The lowest BCUT2D eigenvalue weighted by molar-refractivity contribution is 0.335. The molecule has 140 valence electrons. The van der Waals surface area contributed by atoms with Gasteiger partial charge in [-0.3, -0.25) is 0 Å². The fraction of sp³-hybridized carbons (Fsp3) is 0.500. The van der Waals surface area contributed by atoms with Gasteiger partial charge in [0.2, 0.25) is 0 Å². The Morgan fingerprint density at radius 3 is 1.50 bits per heavy atom. The number of benzene rings is 2. The molecule has 0 atom stereocenters. The molecule has 0 aliphatic heterocycles. The molecule has 2 N–H and O–H groups in total. The number of phenols is 2. The van der Waals surface area contributed by atoms with Gasteiger partial charge in [0, 0.05) is 16.5 Å². The maximum absolute atomic E-state index is 10.6. The van der Waals surface area contributed by atoms with Crippen molar-refractivity contribution in [1.82, 2.24) is 0 Å². The molecule has 1 aliphatic carbocycles. The zero-order valence-corrected chi connectivity index (χ0v) is 16.5. The van der Waals surface area contributed by atoms with E-state index in [1.807, 2.05) is 12.1 Å². The van der Waals surface area contributed by atoms with Gasteiger partial charge < -0.3 is 10.2 Å². The van der Waals surface area contributed by atoms with Crippen LogP contribution in [0.1, 0.15) is 93.9 Å². The molecule has 0 amide bonds. The minimum atomic E-state index is -0.130. The smallest absolute Gasteiger partial charge is 0.119 e. The Morgan fingerprint density at radius 1 is 0.692 bits per heavy atom. The molecule has 2 aromatic carbocycles. The van der Waals surface area contributed by atoms with Crippen LogP contribution in [0.3, 0.4) is 0 Å². The summed E-state index contributed by atoms with van der Waals surface area (Å²) in [6, 6.07) is 12.0. The molecule has 2 heteroatoms. The van der Waals surface area contributed by atoms with Crippen LogP contribution in [0.5, 0.6) is 11.5 Å². The quantitative estimate of drug-likeness (QED) is 0.651. The summed E-state index contributed by atoms with van der Waals surface area (Å²) in [5.41, 5.74) is 4.49. The van der Waals surface area contributed by atoms with Crippen LogP contribution in [0.15, 0.2) is 36.4 Å². The van der Waals surface area contributed by atoms with Crippen molar-refractivity contribution < 1.29 is 10.2 Å². The number of hydrogen-bond donors (Lipinski definition) is 2. The third-order valence-corrected chi connectivity index (χ3v) is 6.06. The molecule has 1 fully saturated rings. The fourth-order valence-corrected chi connectivity index (χ4v) is 4.99. The lowest BCUT2D eigenvalue weighted by atomic mass is 9.61. The summed E-state index contributed by atoms with van der Waals surface area (Å²) in [7, 11) is 0. The highest BCUT2D eigenvalue weighted by Crippen LogP contribution is 2.51. The van der Waals surface area contributed by atoms with Gasteiger partial charge in [0.15, 0.2) is 0 Å². The van der Waals surface area contributed by atoms with Crippen LogP contribution in [0.2, 0.25) is 0 Å². The van der Waals surface area contributed by atoms with E-state index in [2.05, 4.69) is 39.8 Å². The summed E-state index contributed by atoms with van der Waals surface area (Å²) >= 11 is 0. The second-order valence-corrected chi connectivity index (χ2v) is 8.43. The van der Waals surface area contributed by atoms with E-state index in [1.165, 1.54) is 30.4 Å². The number of rotatable bonds is 4. The highest BCUT2D eigenvalue weighted by Gasteiger charge is 2.40. The molecule has 0 radical (unpaired) electrons. The zero-order valence-electron chi connectivity index (χ0n) is 16.5. The Morgan fingerprint density at radius 2 is 1.12 bits per heavy atom. The van der Waals surface area contributed by atoms with Gasteiger partial charge >= 0.3 is 0 Å². The van der Waals surface area contributed by atoms with Gasteiger partial charge in [0.25, 0.3) is 0 Å². The second-order valence-electron chi connectivity index (χ2n) is 8.43. The molecule has 0 saturated heterocycles. The van der Waals surface area contributed by atoms with Crippen LogP contribution in [-0.2, 0) is 5.41 Å². The van der Waals surface area contributed by atoms with E-state index in [4.69, 9.17) is 0 Å². The summed E-state index contributed by atoms with van der Waals surface area (Å²) in [5.74, 6) is 1.30. The molecule has 3 rings (SSSR count). The average molecular weight is 353 g/mol. The van der Waals surface area contributed by atoms with Gasteiger partial charge in [0.1, 0.15) is 11.5 Å². The van der Waals surface area contributed by atoms with Crippen LogP contribution < -0.4 is 0 Å². The SMILES string of the molecule is CC(C)c1c(O)cccc1C1(c2cccc(O)c2C(C)C)CCCCC1. The van der Waals surface area contributed by atoms with Crippen LogP contribution in [0.4, 0.5) is 0 Å². The number of hydrogen-bond acceptors (Lipinski definition) is 2. The van der Waals surface area contributed by atoms with Crippen molar-refractivity contribution in [2.45, 2.75) is 77.0 Å². The summed E-state index contributed by atoms with van der Waals surface area (Å²) in [4.78, 5) is 0. The molecule has 0 heterocycles. The van der Waals surface area contributed by atoms with Gasteiger partial charge in [-0.05, 0) is 47.9 Å². The molecule has 0 aromatic heterocycles. The lowest BCUT2D eigenvalue weighted by Crippen LogP contribution is -2.33. The average Bonchev–Trinajstić information content (AvgIpc) is 2.61. The van der Waals surface area contributed by atoms with E-state index in [0.29, 0.717) is 11.5 Å². The molecular weight excluding hydrogens is 320 g/mol. The number of aromatic hydroxyl groups is 2. The molecule has 0 bridgehead atoms. The molecule has 0 spiro atoms. The van der Waals surface area contributed by atoms with E-state index < -0.39 is 0 Å². The Balaban J connectivity index is 2.33. The monoisotopic (exact) mass is 352 g/mol. The van der Waals surface area contributed by atoms with Crippen LogP contribution in [0, 0.1) is 0 Å². The third kappa shape index (κ3) is 3.11. The first kappa shape index (κ1) is 18.8. The van der Waals surface area contributed by atoms with Gasteiger partial charge in [-0.15, -0.1) is 0 Å². The van der Waals surface area contributed by atoms with Crippen molar-refractivity contribution in [3.05, 3.63) is 58.7 Å². The molecule has 26 heavy (non-hydrogen) atoms. The minimum absolute atomic E-state index is 0.130. The van der Waals surface area contributed by atoms with Gasteiger partial charge in [-0.2, -0.15) is 0 Å². The Labute approximate surface area is 157 Å². The predicted molar refractivity (Wildman–Crippen MR) is 108 cm³/mol. The van der Waals surface area contributed by atoms with Crippen LogP contribution >= 0.6 is 0 Å². The summed E-state index contributed by atoms with van der Waals surface area (Å²) in [5, 5.41) is 21.3. The number of phenolic OH excluding ortho intramolecular Hbond substituents is 2. The first-order chi connectivity index (χ1) is 12.4. The van der Waals surface area contributed by atoms with Crippen molar-refractivity contribution in [3.63, 3.8) is 0 Å². The maximum Gasteiger partial charge on any atom is 0.119 e. The molecule has 0 unspecified atom stereocenters. The molecular formula is C24H32O2. The standard InChI is InChI=1S/C24H32O2/c1-16(2)22-18(10-8-12-20(22)25)24(14-6-5-7-15-24)19-11-9-13-21(26)23(19)17(3)4/h8-13,16-17,25-26H,5-7,14-15H2,1-4H3. The van der Waals surface area contributed by atoms with Crippen molar-refractivity contribution in [3.8, 4) is 11.5 Å². The van der Waals surface area contributed by atoms with E-state index >= 15 is 0 Å². The molecule has 2 aromatic rings. The summed E-state index contributed by atoms with van der Waals surface area (Å²) < 4.78 is 0. The fourth-order valence-electron chi connectivity index (χ4n) is 4.99. The van der Waals surface area contributed by atoms with Gasteiger partial charge in [0.05, 0.1) is 0 Å². The topological polar surface area (TPSA) is 40.5 Å². The van der Waals surface area contributed by atoms with E-state index in [-0.39, 0.29) is 17.3 Å². The van der Waals surface area contributed by atoms with Gasteiger partial charge in [-0.25, -0.2) is 0 Å². The third-order valence-electron chi connectivity index (χ3n) is 6.06. The Bertz CT molecular complexity index is 708. The maximum atomic E-state index is 10.6. The van der Waals surface area contributed by atoms with E-state index in [9.17, 15) is 10.2 Å². The van der Waals surface area contributed by atoms with Crippen molar-refractivity contribution in [2.24, 2.45) is 0 Å². The second kappa shape index (κ2) is 7.34. The highest BCUT2D eigenvalue weighted by atomic mass is 16.3. The van der Waals surface area contributed by atoms with Crippen molar-refractivity contribution >= 4 is 0 Å². The first-order valence-electron chi connectivity index (χ1n) is 10.0. The van der Waals surface area contributed by atoms with Crippen molar-refractivity contribution in [2.75, 3.05) is 0 Å². The first-order valence-corrected chi connectivity index (χ1v) is 10.0. The Hall–Kier alpha value is -1.96. The lowest BCUT2D eigenvalue weighted by Gasteiger charge is -2.42. The van der Waals surface area contributed by atoms with E-state index in [1.54, 1.807) is 12.1 Å². The van der Waals surface area contributed by atoms with Crippen LogP contribution in [-0.4, -0.2) is 10.2 Å². The van der Waals surface area contributed by atoms with Gasteiger partial charge in [-0.1, -0.05) is 71.2 Å². The Kier molecular flexibility index (Phi) is 5.32. The largest absolute Gasteiger partial charge is 0.508 e. The van der Waals surface area contributed by atoms with E-state index in [0.717, 1.165) is 24.0 Å². The summed E-state index contributed by atoms with van der Waals surface area (Å²) in [6.45, 7) is 8.61. The van der Waals surface area contributed by atoms with Crippen LogP contribution in [0.25, 0.3) is 0 Å². The van der Waals surface area contributed by atoms with Crippen molar-refractivity contribution in [1.29, 1.82) is 0 Å². The molecule has 1 aliphatic rings.